The molecule has 0 N–H and O–H groups in total. The second-order valence-electron chi connectivity index (χ2n) is 8.27. The highest BCUT2D eigenvalue weighted by molar-refractivity contribution is 6.52. The van der Waals surface area contributed by atoms with Gasteiger partial charge in [-0.05, 0) is 35.7 Å². The molecule has 2 aromatic carbocycles. The van der Waals surface area contributed by atoms with Gasteiger partial charge in [-0.2, -0.15) is 0 Å². The highest BCUT2D eigenvalue weighted by Crippen LogP contribution is 2.32. The van der Waals surface area contributed by atoms with E-state index in [1.807, 2.05) is 29.2 Å². The summed E-state index contributed by atoms with van der Waals surface area (Å²) in [7, 11) is 1.55. The molecule has 2 aromatic rings. The Kier molecular flexibility index (Phi) is 5.78. The molecular formula is C24H27N3O4. The van der Waals surface area contributed by atoms with Crippen molar-refractivity contribution in [3.8, 4) is 5.75 Å². The molecule has 7 nitrogen and oxygen atoms in total. The van der Waals surface area contributed by atoms with Gasteiger partial charge in [0.2, 0.25) is 0 Å². The zero-order valence-electron chi connectivity index (χ0n) is 18.1. The van der Waals surface area contributed by atoms with E-state index in [-0.39, 0.29) is 5.91 Å². The molecule has 2 amide bonds. The molecular weight excluding hydrogens is 394 g/mol. The first-order valence-corrected chi connectivity index (χ1v) is 10.5. The predicted octanol–water partition coefficient (Wildman–Crippen LogP) is 2.76. The zero-order valence-corrected chi connectivity index (χ0v) is 18.1. The van der Waals surface area contributed by atoms with Crippen molar-refractivity contribution in [3.63, 3.8) is 0 Å². The van der Waals surface area contributed by atoms with E-state index in [4.69, 9.17) is 4.74 Å². The summed E-state index contributed by atoms with van der Waals surface area (Å²) in [6.07, 6.45) is 0. The summed E-state index contributed by atoms with van der Waals surface area (Å²) in [4.78, 5) is 43.1. The molecule has 2 aliphatic rings. The van der Waals surface area contributed by atoms with E-state index in [1.165, 1.54) is 10.5 Å². The molecule has 0 spiro atoms. The monoisotopic (exact) mass is 421 g/mol. The van der Waals surface area contributed by atoms with Crippen LogP contribution in [0.5, 0.6) is 5.75 Å². The SMILES string of the molecule is COc1ccc2c(c1)N(CN1CCN(C(=O)c3ccc(C(C)C)cc3)CC1)C(=O)C2=O. The number of hydrogen-bond donors (Lipinski definition) is 0. The maximum absolute atomic E-state index is 12.8. The number of methoxy groups -OCH3 is 1. The molecule has 0 radical (unpaired) electrons. The van der Waals surface area contributed by atoms with E-state index in [9.17, 15) is 14.4 Å². The van der Waals surface area contributed by atoms with Gasteiger partial charge in [0, 0.05) is 37.8 Å². The van der Waals surface area contributed by atoms with E-state index in [0.29, 0.717) is 61.3 Å². The number of nitrogens with zero attached hydrogens (tertiary/aromatic N) is 3. The van der Waals surface area contributed by atoms with Crippen molar-refractivity contribution >= 4 is 23.3 Å². The Hall–Kier alpha value is -3.19. The Morgan fingerprint density at radius 1 is 1.00 bits per heavy atom. The second-order valence-corrected chi connectivity index (χ2v) is 8.27. The van der Waals surface area contributed by atoms with Crippen LogP contribution in [0.1, 0.15) is 46.0 Å². The van der Waals surface area contributed by atoms with Gasteiger partial charge in [0.15, 0.2) is 0 Å². The molecule has 1 fully saturated rings. The Morgan fingerprint density at radius 3 is 2.29 bits per heavy atom. The van der Waals surface area contributed by atoms with Crippen molar-refractivity contribution < 1.29 is 19.1 Å². The molecule has 0 aromatic heterocycles. The van der Waals surface area contributed by atoms with Gasteiger partial charge < -0.3 is 9.64 Å². The third kappa shape index (κ3) is 4.05. The summed E-state index contributed by atoms with van der Waals surface area (Å²) in [6, 6.07) is 12.8. The number of hydrogen-bond acceptors (Lipinski definition) is 5. The van der Waals surface area contributed by atoms with Crippen LogP contribution in [0.15, 0.2) is 42.5 Å². The predicted molar refractivity (Wildman–Crippen MR) is 118 cm³/mol. The molecule has 2 heterocycles. The van der Waals surface area contributed by atoms with Crippen LogP contribution in [0.25, 0.3) is 0 Å². The highest BCUT2D eigenvalue weighted by Gasteiger charge is 2.37. The lowest BCUT2D eigenvalue weighted by Crippen LogP contribution is -2.52. The number of benzene rings is 2. The van der Waals surface area contributed by atoms with Gasteiger partial charge in [0.05, 0.1) is 25.0 Å². The standard InChI is InChI=1S/C24H27N3O4/c1-16(2)17-4-6-18(7-5-17)23(29)26-12-10-25(11-13-26)15-27-21-14-19(31-3)8-9-20(21)22(28)24(27)30/h4-9,14,16H,10-13,15H2,1-3H3. The van der Waals surface area contributed by atoms with E-state index in [2.05, 4.69) is 18.7 Å². The van der Waals surface area contributed by atoms with Crippen LogP contribution in [0.4, 0.5) is 5.69 Å². The van der Waals surface area contributed by atoms with E-state index in [1.54, 1.807) is 25.3 Å². The molecule has 0 atom stereocenters. The minimum atomic E-state index is -0.521. The quantitative estimate of drug-likeness (QED) is 0.695. The average molecular weight is 421 g/mol. The van der Waals surface area contributed by atoms with Crippen LogP contribution in [0.2, 0.25) is 0 Å². The summed E-state index contributed by atoms with van der Waals surface area (Å²) in [5.41, 5.74) is 2.89. The van der Waals surface area contributed by atoms with Gasteiger partial charge >= 0.3 is 5.91 Å². The van der Waals surface area contributed by atoms with Crippen molar-refractivity contribution in [1.82, 2.24) is 9.80 Å². The fraction of sp³-hybridized carbons (Fsp3) is 0.375. The molecule has 4 rings (SSSR count). The van der Waals surface area contributed by atoms with Gasteiger partial charge in [-0.1, -0.05) is 26.0 Å². The zero-order chi connectivity index (χ0) is 22.1. The number of ether oxygens (including phenoxy) is 1. The fourth-order valence-corrected chi connectivity index (χ4v) is 4.03. The fourth-order valence-electron chi connectivity index (χ4n) is 4.03. The molecule has 2 aliphatic heterocycles. The lowest BCUT2D eigenvalue weighted by molar-refractivity contribution is -0.114. The van der Waals surface area contributed by atoms with Gasteiger partial charge in [0.25, 0.3) is 11.7 Å². The Morgan fingerprint density at radius 2 is 1.68 bits per heavy atom. The van der Waals surface area contributed by atoms with Gasteiger partial charge in [0.1, 0.15) is 5.75 Å². The Bertz CT molecular complexity index is 1010. The number of anilines is 1. The van der Waals surface area contributed by atoms with Crippen LogP contribution >= 0.6 is 0 Å². The Labute approximate surface area is 182 Å². The van der Waals surface area contributed by atoms with Crippen molar-refractivity contribution in [2.75, 3.05) is 44.9 Å². The first-order chi connectivity index (χ1) is 14.9. The number of ketones is 1. The lowest BCUT2D eigenvalue weighted by atomic mass is 10.0. The molecule has 31 heavy (non-hydrogen) atoms. The second kappa shape index (κ2) is 8.51. The molecule has 0 saturated carbocycles. The van der Waals surface area contributed by atoms with Gasteiger partial charge in [-0.25, -0.2) is 0 Å². The molecule has 0 aliphatic carbocycles. The molecule has 1 saturated heterocycles. The van der Waals surface area contributed by atoms with E-state index in [0.717, 1.165) is 0 Å². The highest BCUT2D eigenvalue weighted by atomic mass is 16.5. The maximum atomic E-state index is 12.8. The number of amides is 2. The van der Waals surface area contributed by atoms with Crippen molar-refractivity contribution in [3.05, 3.63) is 59.2 Å². The topological polar surface area (TPSA) is 70.2 Å². The van der Waals surface area contributed by atoms with Crippen LogP contribution in [-0.4, -0.2) is 67.4 Å². The molecule has 7 heteroatoms. The summed E-state index contributed by atoms with van der Waals surface area (Å²) >= 11 is 0. The third-order valence-electron chi connectivity index (χ3n) is 6.00. The minimum Gasteiger partial charge on any atom is -0.497 e. The van der Waals surface area contributed by atoms with Crippen molar-refractivity contribution in [2.24, 2.45) is 0 Å². The van der Waals surface area contributed by atoms with Gasteiger partial charge in [-0.3, -0.25) is 24.2 Å². The summed E-state index contributed by atoms with van der Waals surface area (Å²) in [5, 5.41) is 0. The summed E-state index contributed by atoms with van der Waals surface area (Å²) in [5.74, 6) is 0.0453. The molecule has 162 valence electrons. The number of carbonyl (C=O) groups is 3. The molecule has 0 unspecified atom stereocenters. The third-order valence-corrected chi connectivity index (χ3v) is 6.00. The largest absolute Gasteiger partial charge is 0.497 e. The van der Waals surface area contributed by atoms with Crippen molar-refractivity contribution in [2.45, 2.75) is 19.8 Å². The summed E-state index contributed by atoms with van der Waals surface area (Å²) in [6.45, 7) is 6.99. The van der Waals surface area contributed by atoms with Crippen molar-refractivity contribution in [1.29, 1.82) is 0 Å². The Balaban J connectivity index is 1.39. The first kappa shape index (κ1) is 21.1. The lowest BCUT2D eigenvalue weighted by Gasteiger charge is -2.36. The van der Waals surface area contributed by atoms with E-state index < -0.39 is 11.7 Å². The number of Topliss-reactive ketones (excluding diaryl/α,β-unsaturated/α-hetero) is 1. The number of carbonyl (C=O) groups excluding carboxylic acids is 3. The van der Waals surface area contributed by atoms with Gasteiger partial charge in [-0.15, -0.1) is 0 Å². The number of fused-ring (bicyclic) bond motifs is 1. The number of piperazine rings is 1. The van der Waals surface area contributed by atoms with Crippen LogP contribution in [0.3, 0.4) is 0 Å². The smallest absolute Gasteiger partial charge is 0.300 e. The minimum absolute atomic E-state index is 0.0254. The normalized spacial score (nSPS) is 16.8. The van der Waals surface area contributed by atoms with Crippen LogP contribution in [-0.2, 0) is 4.79 Å². The number of rotatable bonds is 5. The maximum Gasteiger partial charge on any atom is 0.300 e. The first-order valence-electron chi connectivity index (χ1n) is 10.5. The van der Waals surface area contributed by atoms with Crippen LogP contribution in [0, 0.1) is 0 Å². The van der Waals surface area contributed by atoms with Crippen LogP contribution < -0.4 is 9.64 Å². The average Bonchev–Trinajstić information content (AvgIpc) is 3.03. The van der Waals surface area contributed by atoms with E-state index >= 15 is 0 Å². The summed E-state index contributed by atoms with van der Waals surface area (Å²) < 4.78 is 5.24. The molecule has 0 bridgehead atoms.